The Morgan fingerprint density at radius 1 is 1.21 bits per heavy atom. The van der Waals surface area contributed by atoms with Gasteiger partial charge in [0.15, 0.2) is 17.7 Å². The van der Waals surface area contributed by atoms with Gasteiger partial charge in [0.25, 0.3) is 0 Å². The molecule has 4 heterocycles. The lowest BCUT2D eigenvalue weighted by Gasteiger charge is -2.30. The summed E-state index contributed by atoms with van der Waals surface area (Å²) in [5.41, 5.74) is 7.44. The van der Waals surface area contributed by atoms with Crippen LogP contribution in [0.15, 0.2) is 30.6 Å². The summed E-state index contributed by atoms with van der Waals surface area (Å²) in [6, 6.07) is 7.26. The van der Waals surface area contributed by atoms with Gasteiger partial charge >= 0.3 is 6.09 Å². The molecular formula is C26H29ClN6O6. The third-order valence-corrected chi connectivity index (χ3v) is 7.38. The van der Waals surface area contributed by atoms with Crippen LogP contribution in [0.3, 0.4) is 0 Å². The van der Waals surface area contributed by atoms with Crippen molar-refractivity contribution >= 4 is 34.7 Å². The molecule has 13 heteroatoms. The van der Waals surface area contributed by atoms with E-state index >= 15 is 0 Å². The van der Waals surface area contributed by atoms with E-state index in [9.17, 15) is 20.1 Å². The molecule has 2 aromatic heterocycles. The van der Waals surface area contributed by atoms with Gasteiger partial charge in [-0.1, -0.05) is 35.7 Å². The lowest BCUT2D eigenvalue weighted by Crippen LogP contribution is -2.38. The highest BCUT2D eigenvalue weighted by Gasteiger charge is 2.44. The van der Waals surface area contributed by atoms with Crippen molar-refractivity contribution < 1.29 is 29.6 Å². The van der Waals surface area contributed by atoms with Crippen LogP contribution < -0.4 is 5.73 Å². The molecule has 5 N–H and O–H groups in total. The highest BCUT2D eigenvalue weighted by Crippen LogP contribution is 2.32. The van der Waals surface area contributed by atoms with E-state index in [4.69, 9.17) is 26.8 Å². The number of rotatable bonds is 5. The molecule has 12 nitrogen and oxygen atoms in total. The predicted octanol–water partition coefficient (Wildman–Crippen LogP) is 1.46. The van der Waals surface area contributed by atoms with E-state index < -0.39 is 31.1 Å². The lowest BCUT2D eigenvalue weighted by molar-refractivity contribution is -0.0511. The second kappa shape index (κ2) is 11.7. The summed E-state index contributed by atoms with van der Waals surface area (Å²) in [6.45, 7) is 0.835. The van der Waals surface area contributed by atoms with Crippen molar-refractivity contribution in [2.75, 3.05) is 25.4 Å². The number of hydrogen-bond donors (Lipinski definition) is 4. The lowest BCUT2D eigenvalue weighted by atomic mass is 9.94. The Bertz CT molecular complexity index is 1400. The Kier molecular flexibility index (Phi) is 8.15. The zero-order valence-electron chi connectivity index (χ0n) is 21.0. The maximum Gasteiger partial charge on any atom is 0.410 e. The molecule has 0 bridgehead atoms. The minimum atomic E-state index is -1.29. The summed E-state index contributed by atoms with van der Waals surface area (Å²) >= 11 is 6.12. The fourth-order valence-electron chi connectivity index (χ4n) is 4.73. The molecule has 1 aromatic carbocycles. The molecule has 2 aliphatic rings. The Morgan fingerprint density at radius 2 is 1.97 bits per heavy atom. The van der Waals surface area contributed by atoms with Gasteiger partial charge in [-0.3, -0.25) is 4.57 Å². The molecule has 206 valence electrons. The number of nitrogen functional groups attached to an aromatic ring is 1. The molecule has 2 saturated heterocycles. The molecule has 4 atom stereocenters. The number of aromatic nitrogens is 4. The van der Waals surface area contributed by atoms with E-state index in [-0.39, 0.29) is 24.3 Å². The number of aliphatic hydroxyl groups is 3. The summed E-state index contributed by atoms with van der Waals surface area (Å²) in [4.78, 5) is 27.0. The Hall–Kier alpha value is -3.47. The number of anilines is 1. The number of nitrogens with two attached hydrogens (primary N) is 1. The Labute approximate surface area is 229 Å². The van der Waals surface area contributed by atoms with E-state index in [2.05, 4.69) is 26.8 Å². The number of hydrogen-bond acceptors (Lipinski definition) is 10. The highest BCUT2D eigenvalue weighted by molar-refractivity contribution is 6.31. The van der Waals surface area contributed by atoms with Gasteiger partial charge in [-0.15, -0.1) is 0 Å². The number of carbonyl (C=O) groups is 1. The first-order chi connectivity index (χ1) is 18.9. The van der Waals surface area contributed by atoms with Crippen LogP contribution in [0.2, 0.25) is 5.02 Å². The first kappa shape index (κ1) is 27.1. The third-order valence-electron chi connectivity index (χ3n) is 7.01. The maximum absolute atomic E-state index is 12.4. The SMILES string of the molecule is Nc1nc(C#CCC2CCN(C(=O)OCc3ccccc3Cl)CC2)nc2c1ncn2[C@@H]1O[C@H](CO)[C@@H](O)[C@H]1O. The van der Waals surface area contributed by atoms with Crippen LogP contribution in [0.4, 0.5) is 10.6 Å². The molecule has 2 aliphatic heterocycles. The number of nitrogens with zero attached hydrogens (tertiary/aromatic N) is 5. The fourth-order valence-corrected chi connectivity index (χ4v) is 4.92. The molecule has 3 aromatic rings. The Morgan fingerprint density at radius 3 is 2.69 bits per heavy atom. The predicted molar refractivity (Wildman–Crippen MR) is 140 cm³/mol. The number of amides is 1. The number of piperidine rings is 1. The number of halogens is 1. The number of carbonyl (C=O) groups excluding carboxylic acids is 1. The largest absolute Gasteiger partial charge is 0.444 e. The van der Waals surface area contributed by atoms with Crippen LogP contribution in [0.5, 0.6) is 0 Å². The molecule has 2 fully saturated rings. The minimum Gasteiger partial charge on any atom is -0.444 e. The van der Waals surface area contributed by atoms with Crippen molar-refractivity contribution in [3.8, 4) is 11.8 Å². The fraction of sp³-hybridized carbons (Fsp3) is 0.462. The monoisotopic (exact) mass is 556 g/mol. The average Bonchev–Trinajstić information content (AvgIpc) is 3.49. The van der Waals surface area contributed by atoms with E-state index in [1.54, 1.807) is 11.0 Å². The number of aliphatic hydroxyl groups excluding tert-OH is 3. The second-order valence-electron chi connectivity index (χ2n) is 9.57. The topological polar surface area (TPSA) is 169 Å². The van der Waals surface area contributed by atoms with E-state index in [0.29, 0.717) is 41.6 Å². The molecule has 0 saturated carbocycles. The zero-order valence-corrected chi connectivity index (χ0v) is 21.7. The molecular weight excluding hydrogens is 528 g/mol. The van der Waals surface area contributed by atoms with Gasteiger partial charge < -0.3 is 35.4 Å². The van der Waals surface area contributed by atoms with Crippen LogP contribution >= 0.6 is 11.6 Å². The number of imidazole rings is 1. The molecule has 39 heavy (non-hydrogen) atoms. The number of fused-ring (bicyclic) bond motifs is 1. The third kappa shape index (κ3) is 5.78. The van der Waals surface area contributed by atoms with E-state index in [0.717, 1.165) is 18.4 Å². The van der Waals surface area contributed by atoms with Crippen LogP contribution in [-0.4, -0.2) is 83.8 Å². The molecule has 1 amide bonds. The van der Waals surface area contributed by atoms with Gasteiger partial charge in [0.2, 0.25) is 5.82 Å². The summed E-state index contributed by atoms with van der Waals surface area (Å²) in [7, 11) is 0. The van der Waals surface area contributed by atoms with E-state index in [1.807, 2.05) is 18.2 Å². The first-order valence-electron chi connectivity index (χ1n) is 12.6. The normalized spacial score (nSPS) is 23.5. The van der Waals surface area contributed by atoms with Crippen molar-refractivity contribution in [2.24, 2.45) is 5.92 Å². The van der Waals surface area contributed by atoms with Gasteiger partial charge in [-0.05, 0) is 30.7 Å². The van der Waals surface area contributed by atoms with Crippen LogP contribution in [0, 0.1) is 17.8 Å². The molecule has 5 rings (SSSR count). The maximum atomic E-state index is 12.4. The standard InChI is InChI=1S/C26H29ClN6O6/c27-17-6-2-1-5-16(17)13-38-26(37)32-10-8-15(9-11-32)4-3-7-19-30-23(28)20-24(31-19)33(14-29-20)25-22(36)21(35)18(12-34)39-25/h1-2,5-6,14-15,18,21-22,25,34-36H,4,8-13H2,(H2,28,30,31)/t18-,21-,22-,25-/m1/s1. The van der Waals surface area contributed by atoms with E-state index in [1.165, 1.54) is 10.9 Å². The van der Waals surface area contributed by atoms with Gasteiger partial charge in [-0.25, -0.2) is 19.7 Å². The minimum absolute atomic E-state index is 0.124. The Balaban J connectivity index is 1.18. The van der Waals surface area contributed by atoms with Gasteiger partial charge in [0.05, 0.1) is 12.9 Å². The van der Waals surface area contributed by atoms with Gasteiger partial charge in [0, 0.05) is 30.1 Å². The first-order valence-corrected chi connectivity index (χ1v) is 13.0. The zero-order chi connectivity index (χ0) is 27.5. The summed E-state index contributed by atoms with van der Waals surface area (Å²) in [5, 5.41) is 30.4. The van der Waals surface area contributed by atoms with Crippen molar-refractivity contribution in [3.05, 3.63) is 47.0 Å². The van der Waals surface area contributed by atoms with Crippen molar-refractivity contribution in [2.45, 2.75) is 50.4 Å². The second-order valence-corrected chi connectivity index (χ2v) is 9.97. The van der Waals surface area contributed by atoms with Gasteiger partial charge in [0.1, 0.15) is 30.4 Å². The smallest absolute Gasteiger partial charge is 0.410 e. The number of benzene rings is 1. The summed E-state index contributed by atoms with van der Waals surface area (Å²) in [5.74, 6) is 6.67. The molecule has 0 spiro atoms. The number of likely N-dealkylation sites (tertiary alicyclic amines) is 1. The quantitative estimate of drug-likeness (QED) is 0.337. The summed E-state index contributed by atoms with van der Waals surface area (Å²) < 4.78 is 12.5. The summed E-state index contributed by atoms with van der Waals surface area (Å²) in [6.07, 6.45) is -1.28. The van der Waals surface area contributed by atoms with Crippen molar-refractivity contribution in [1.29, 1.82) is 0 Å². The van der Waals surface area contributed by atoms with Crippen molar-refractivity contribution in [3.63, 3.8) is 0 Å². The number of ether oxygens (including phenoxy) is 2. The average molecular weight is 557 g/mol. The molecule has 0 radical (unpaired) electrons. The molecule has 0 aliphatic carbocycles. The van der Waals surface area contributed by atoms with Crippen LogP contribution in [0.1, 0.15) is 36.9 Å². The van der Waals surface area contributed by atoms with Crippen molar-refractivity contribution in [1.82, 2.24) is 24.4 Å². The van der Waals surface area contributed by atoms with Crippen LogP contribution in [0.25, 0.3) is 11.2 Å². The van der Waals surface area contributed by atoms with Gasteiger partial charge in [-0.2, -0.15) is 0 Å². The van der Waals surface area contributed by atoms with Crippen LogP contribution in [-0.2, 0) is 16.1 Å². The molecule has 0 unspecified atom stereocenters. The highest BCUT2D eigenvalue weighted by atomic mass is 35.5.